The highest BCUT2D eigenvalue weighted by Gasteiger charge is 2.48. The Bertz CT molecular complexity index is 442. The average Bonchev–Trinajstić information content (AvgIpc) is 2.53. The summed E-state index contributed by atoms with van der Waals surface area (Å²) < 4.78 is 0. The van der Waals surface area contributed by atoms with Crippen LogP contribution in [0.25, 0.3) is 0 Å². The molecule has 2 atom stereocenters. The molecule has 0 aliphatic carbocycles. The van der Waals surface area contributed by atoms with Crippen LogP contribution in [-0.2, 0) is 5.54 Å². The number of rotatable bonds is 1. The van der Waals surface area contributed by atoms with E-state index in [-0.39, 0.29) is 5.54 Å². The van der Waals surface area contributed by atoms with Crippen molar-refractivity contribution in [1.82, 2.24) is 4.90 Å². The maximum absolute atomic E-state index is 6.42. The highest BCUT2D eigenvalue weighted by molar-refractivity contribution is 6.42. The van der Waals surface area contributed by atoms with Gasteiger partial charge in [0.2, 0.25) is 0 Å². The Morgan fingerprint density at radius 1 is 1.24 bits per heavy atom. The van der Waals surface area contributed by atoms with Crippen molar-refractivity contribution in [1.29, 1.82) is 0 Å². The van der Waals surface area contributed by atoms with E-state index < -0.39 is 0 Å². The molecule has 0 saturated carbocycles. The van der Waals surface area contributed by atoms with Crippen molar-refractivity contribution in [2.24, 2.45) is 0 Å². The Morgan fingerprint density at radius 3 is 2.88 bits per heavy atom. The zero-order valence-corrected chi connectivity index (χ0v) is 11.6. The molecule has 2 aliphatic rings. The van der Waals surface area contributed by atoms with E-state index in [1.165, 1.54) is 37.7 Å². The number of hydrogen-bond donors (Lipinski definition) is 0. The number of hydrogen-bond acceptors (Lipinski definition) is 1. The van der Waals surface area contributed by atoms with Crippen LogP contribution in [0.5, 0.6) is 0 Å². The molecule has 0 spiro atoms. The van der Waals surface area contributed by atoms with Crippen molar-refractivity contribution >= 4 is 23.2 Å². The second-order valence-electron chi connectivity index (χ2n) is 5.33. The fraction of sp³-hybridized carbons (Fsp3) is 0.571. The van der Waals surface area contributed by atoms with Crippen molar-refractivity contribution in [3.63, 3.8) is 0 Å². The molecular weight excluding hydrogens is 253 g/mol. The summed E-state index contributed by atoms with van der Waals surface area (Å²) in [6.45, 7) is 0. The Balaban J connectivity index is 2.11. The SMILES string of the molecule is CN1[C@@H]2CCC[C@@]1(c1cccc(Cl)c1Cl)CC2. The third kappa shape index (κ3) is 1.63. The van der Waals surface area contributed by atoms with Crippen LogP contribution >= 0.6 is 23.2 Å². The molecule has 0 amide bonds. The predicted octanol–water partition coefficient (Wildman–Crippen LogP) is 4.47. The fourth-order valence-electron chi connectivity index (χ4n) is 3.72. The molecule has 2 aliphatic heterocycles. The Kier molecular flexibility index (Phi) is 2.89. The van der Waals surface area contributed by atoms with Crippen LogP contribution in [-0.4, -0.2) is 18.0 Å². The summed E-state index contributed by atoms with van der Waals surface area (Å²) in [5.74, 6) is 0. The summed E-state index contributed by atoms with van der Waals surface area (Å²) in [4.78, 5) is 2.54. The molecule has 3 rings (SSSR count). The van der Waals surface area contributed by atoms with Gasteiger partial charge in [0, 0.05) is 11.6 Å². The quantitative estimate of drug-likeness (QED) is 0.727. The van der Waals surface area contributed by atoms with Crippen LogP contribution in [0.15, 0.2) is 18.2 Å². The molecule has 1 aromatic rings. The molecule has 0 N–H and O–H groups in total. The van der Waals surface area contributed by atoms with Gasteiger partial charge in [-0.05, 0) is 50.8 Å². The summed E-state index contributed by atoms with van der Waals surface area (Å²) in [7, 11) is 2.24. The first kappa shape index (κ1) is 11.8. The smallest absolute Gasteiger partial charge is 0.0643 e. The first-order chi connectivity index (χ1) is 8.15. The third-order valence-corrected chi connectivity index (χ3v) is 5.51. The van der Waals surface area contributed by atoms with Gasteiger partial charge in [0.15, 0.2) is 0 Å². The maximum atomic E-state index is 6.42. The highest BCUT2D eigenvalue weighted by atomic mass is 35.5. The van der Waals surface area contributed by atoms with Crippen LogP contribution in [0, 0.1) is 0 Å². The number of nitrogens with zero attached hydrogens (tertiary/aromatic N) is 1. The van der Waals surface area contributed by atoms with Crippen molar-refractivity contribution in [3.8, 4) is 0 Å². The van der Waals surface area contributed by atoms with E-state index >= 15 is 0 Å². The standard InChI is InChI=1S/C14H17Cl2N/c1-17-10-4-3-8-14(17,9-7-10)11-5-2-6-12(15)13(11)16/h2,5-6,10H,3-4,7-9H2,1H3/t10-,14+/m1/s1. The fourth-order valence-corrected chi connectivity index (χ4v) is 4.19. The van der Waals surface area contributed by atoms with Crippen molar-refractivity contribution in [3.05, 3.63) is 33.8 Å². The van der Waals surface area contributed by atoms with Crippen molar-refractivity contribution in [2.75, 3.05) is 7.05 Å². The van der Waals surface area contributed by atoms with Gasteiger partial charge in [0.1, 0.15) is 0 Å². The molecule has 1 aromatic carbocycles. The van der Waals surface area contributed by atoms with Gasteiger partial charge in [-0.3, -0.25) is 4.90 Å². The first-order valence-electron chi connectivity index (χ1n) is 6.32. The summed E-state index contributed by atoms with van der Waals surface area (Å²) >= 11 is 12.6. The molecule has 2 fully saturated rings. The van der Waals surface area contributed by atoms with Crippen molar-refractivity contribution in [2.45, 2.75) is 43.7 Å². The molecule has 2 heterocycles. The Hall–Kier alpha value is -0.240. The van der Waals surface area contributed by atoms with E-state index in [1.54, 1.807) is 0 Å². The van der Waals surface area contributed by atoms with Crippen LogP contribution in [0.1, 0.15) is 37.7 Å². The van der Waals surface area contributed by atoms with Gasteiger partial charge in [-0.25, -0.2) is 0 Å². The molecule has 0 aromatic heterocycles. The summed E-state index contributed by atoms with van der Waals surface area (Å²) in [5, 5.41) is 1.43. The van der Waals surface area contributed by atoms with Gasteiger partial charge in [0.25, 0.3) is 0 Å². The number of fused-ring (bicyclic) bond motifs is 2. The van der Waals surface area contributed by atoms with Crippen LogP contribution < -0.4 is 0 Å². The lowest BCUT2D eigenvalue weighted by Gasteiger charge is -2.43. The molecule has 3 heteroatoms. The van der Waals surface area contributed by atoms with E-state index in [4.69, 9.17) is 23.2 Å². The van der Waals surface area contributed by atoms with Gasteiger partial charge in [-0.2, -0.15) is 0 Å². The second kappa shape index (κ2) is 4.15. The minimum absolute atomic E-state index is 0.144. The summed E-state index contributed by atoms with van der Waals surface area (Å²) in [6, 6.07) is 6.78. The van der Waals surface area contributed by atoms with Gasteiger partial charge in [-0.1, -0.05) is 35.3 Å². The topological polar surface area (TPSA) is 3.24 Å². The zero-order valence-electron chi connectivity index (χ0n) is 10.0. The first-order valence-corrected chi connectivity index (χ1v) is 7.08. The number of benzene rings is 1. The number of piperidine rings is 1. The van der Waals surface area contributed by atoms with Crippen LogP contribution in [0.3, 0.4) is 0 Å². The third-order valence-electron chi connectivity index (χ3n) is 4.69. The van der Waals surface area contributed by atoms with E-state index in [0.29, 0.717) is 5.02 Å². The normalized spacial score (nSPS) is 33.0. The molecular formula is C14H17Cl2N. The van der Waals surface area contributed by atoms with Crippen LogP contribution in [0.2, 0.25) is 10.0 Å². The summed E-state index contributed by atoms with van der Waals surface area (Å²) in [6.07, 6.45) is 6.35. The molecule has 2 bridgehead atoms. The van der Waals surface area contributed by atoms with E-state index in [2.05, 4.69) is 18.0 Å². The lowest BCUT2D eigenvalue weighted by Crippen LogP contribution is -2.45. The van der Waals surface area contributed by atoms with E-state index in [1.807, 2.05) is 12.1 Å². The van der Waals surface area contributed by atoms with Gasteiger partial charge in [-0.15, -0.1) is 0 Å². The molecule has 0 unspecified atom stereocenters. The minimum Gasteiger partial charge on any atom is -0.294 e. The lowest BCUT2D eigenvalue weighted by molar-refractivity contribution is 0.0806. The molecule has 0 radical (unpaired) electrons. The Labute approximate surface area is 113 Å². The monoisotopic (exact) mass is 269 g/mol. The highest BCUT2D eigenvalue weighted by Crippen LogP contribution is 2.51. The zero-order chi connectivity index (χ0) is 12.0. The van der Waals surface area contributed by atoms with E-state index in [9.17, 15) is 0 Å². The molecule has 92 valence electrons. The average molecular weight is 270 g/mol. The molecule has 2 saturated heterocycles. The van der Waals surface area contributed by atoms with Gasteiger partial charge in [0.05, 0.1) is 10.0 Å². The summed E-state index contributed by atoms with van der Waals surface area (Å²) in [5.41, 5.74) is 1.38. The number of halogens is 2. The molecule has 17 heavy (non-hydrogen) atoms. The van der Waals surface area contributed by atoms with Gasteiger partial charge >= 0.3 is 0 Å². The van der Waals surface area contributed by atoms with E-state index in [0.717, 1.165) is 11.1 Å². The minimum atomic E-state index is 0.144. The van der Waals surface area contributed by atoms with Crippen molar-refractivity contribution < 1.29 is 0 Å². The largest absolute Gasteiger partial charge is 0.294 e. The predicted molar refractivity (Wildman–Crippen MR) is 72.8 cm³/mol. The lowest BCUT2D eigenvalue weighted by atomic mass is 9.82. The second-order valence-corrected chi connectivity index (χ2v) is 6.11. The van der Waals surface area contributed by atoms with Crippen LogP contribution in [0.4, 0.5) is 0 Å². The molecule has 1 nitrogen and oxygen atoms in total. The Morgan fingerprint density at radius 2 is 2.06 bits per heavy atom. The maximum Gasteiger partial charge on any atom is 0.0643 e. The van der Waals surface area contributed by atoms with Gasteiger partial charge < -0.3 is 0 Å².